The van der Waals surface area contributed by atoms with Gasteiger partial charge >= 0.3 is 0 Å². The van der Waals surface area contributed by atoms with Gasteiger partial charge in [-0.1, -0.05) is 30.3 Å². The van der Waals surface area contributed by atoms with Gasteiger partial charge in [-0.25, -0.2) is 0 Å². The van der Waals surface area contributed by atoms with Crippen LogP contribution in [0.2, 0.25) is 0 Å². The van der Waals surface area contributed by atoms with Gasteiger partial charge in [-0.15, -0.1) is 0 Å². The van der Waals surface area contributed by atoms with Gasteiger partial charge in [0.2, 0.25) is 0 Å². The van der Waals surface area contributed by atoms with Gasteiger partial charge in [0, 0.05) is 18.1 Å². The summed E-state index contributed by atoms with van der Waals surface area (Å²) in [6, 6.07) is 0.437. The van der Waals surface area contributed by atoms with Gasteiger partial charge in [0.1, 0.15) is 0 Å². The first-order chi connectivity index (χ1) is 6.41. The van der Waals surface area contributed by atoms with Crippen molar-refractivity contribution in [3.8, 4) is 0 Å². The Hall–Kier alpha value is -0.690. The van der Waals surface area contributed by atoms with E-state index >= 15 is 0 Å². The number of hydrogen-bond donors (Lipinski definition) is 0. The summed E-state index contributed by atoms with van der Waals surface area (Å²) in [6.45, 7) is 11.9. The summed E-state index contributed by atoms with van der Waals surface area (Å²) in [5.74, 6) is 0. The number of halogens is 1. The molecule has 0 saturated heterocycles. The smallest absolute Gasteiger partial charge is 0.0540 e. The normalized spacial score (nSPS) is 14.1. The third-order valence-electron chi connectivity index (χ3n) is 2.19. The standard InChI is InChI=1S/C12H20ClN/c1-7-8-10(4)12(11(5)13)14(6)9(2)3/h7-9H,1H2,2-6H3/b10-8-,12-11-. The van der Waals surface area contributed by atoms with Gasteiger partial charge in [-0.3, -0.25) is 0 Å². The molecule has 0 heterocycles. The molecule has 0 aliphatic carbocycles. The Morgan fingerprint density at radius 3 is 2.14 bits per heavy atom. The lowest BCUT2D eigenvalue weighted by atomic mass is 10.1. The number of likely N-dealkylation sites (N-methyl/N-ethyl adjacent to an activating group) is 1. The minimum atomic E-state index is 0.437. The molecule has 0 spiro atoms. The first-order valence-electron chi connectivity index (χ1n) is 4.80. The first-order valence-corrected chi connectivity index (χ1v) is 5.18. The summed E-state index contributed by atoms with van der Waals surface area (Å²) in [7, 11) is 2.05. The van der Waals surface area contributed by atoms with E-state index in [1.165, 1.54) is 0 Å². The third-order valence-corrected chi connectivity index (χ3v) is 2.37. The first kappa shape index (κ1) is 13.3. The van der Waals surface area contributed by atoms with Crippen LogP contribution in [0.1, 0.15) is 27.7 Å². The Balaban J connectivity index is 5.09. The molecule has 14 heavy (non-hydrogen) atoms. The van der Waals surface area contributed by atoms with Crippen molar-refractivity contribution in [2.24, 2.45) is 0 Å². The molecule has 0 N–H and O–H groups in total. The molecular formula is C12H20ClN. The highest BCUT2D eigenvalue weighted by Crippen LogP contribution is 2.22. The quantitative estimate of drug-likeness (QED) is 0.640. The molecule has 0 fully saturated rings. The van der Waals surface area contributed by atoms with Gasteiger partial charge in [0.05, 0.1) is 5.70 Å². The molecule has 0 aliphatic rings. The molecule has 0 atom stereocenters. The molecule has 0 aliphatic heterocycles. The average molecular weight is 214 g/mol. The van der Waals surface area contributed by atoms with Crippen molar-refractivity contribution < 1.29 is 0 Å². The van der Waals surface area contributed by atoms with Crippen LogP contribution in [-0.2, 0) is 0 Å². The molecule has 0 aromatic carbocycles. The zero-order chi connectivity index (χ0) is 11.3. The lowest BCUT2D eigenvalue weighted by Crippen LogP contribution is -2.26. The lowest BCUT2D eigenvalue weighted by Gasteiger charge is -2.28. The predicted molar refractivity (Wildman–Crippen MR) is 65.4 cm³/mol. The van der Waals surface area contributed by atoms with Crippen molar-refractivity contribution in [3.05, 3.63) is 35.0 Å². The van der Waals surface area contributed by atoms with Gasteiger partial charge < -0.3 is 4.90 Å². The van der Waals surface area contributed by atoms with E-state index in [1.807, 2.05) is 27.0 Å². The summed E-state index contributed by atoms with van der Waals surface area (Å²) in [4.78, 5) is 2.16. The van der Waals surface area contributed by atoms with E-state index < -0.39 is 0 Å². The molecule has 80 valence electrons. The van der Waals surface area contributed by atoms with E-state index in [0.717, 1.165) is 16.3 Å². The molecule has 0 radical (unpaired) electrons. The second-order valence-corrected chi connectivity index (χ2v) is 4.24. The summed E-state index contributed by atoms with van der Waals surface area (Å²) in [5.41, 5.74) is 2.23. The Morgan fingerprint density at radius 1 is 1.36 bits per heavy atom. The largest absolute Gasteiger partial charge is 0.371 e. The maximum Gasteiger partial charge on any atom is 0.0540 e. The molecule has 0 aromatic heterocycles. The zero-order valence-electron chi connectivity index (χ0n) is 9.76. The van der Waals surface area contributed by atoms with Gasteiger partial charge in [0.15, 0.2) is 0 Å². The fourth-order valence-corrected chi connectivity index (χ4v) is 1.59. The molecule has 0 bridgehead atoms. The average Bonchev–Trinajstić information content (AvgIpc) is 2.03. The molecule has 0 amide bonds. The summed E-state index contributed by atoms with van der Waals surface area (Å²) in [5, 5.41) is 0.816. The Labute approximate surface area is 92.7 Å². The van der Waals surface area contributed by atoms with Crippen LogP contribution < -0.4 is 0 Å². The lowest BCUT2D eigenvalue weighted by molar-refractivity contribution is 0.348. The highest BCUT2D eigenvalue weighted by atomic mass is 35.5. The molecule has 2 heteroatoms. The van der Waals surface area contributed by atoms with Crippen molar-refractivity contribution in [2.75, 3.05) is 7.05 Å². The maximum atomic E-state index is 6.08. The van der Waals surface area contributed by atoms with Crippen molar-refractivity contribution in [3.63, 3.8) is 0 Å². The van der Waals surface area contributed by atoms with Crippen LogP contribution in [0.15, 0.2) is 35.0 Å². The van der Waals surface area contributed by atoms with Crippen LogP contribution in [-0.4, -0.2) is 18.0 Å². The van der Waals surface area contributed by atoms with Crippen LogP contribution in [0, 0.1) is 0 Å². The van der Waals surface area contributed by atoms with Crippen LogP contribution in [0.25, 0.3) is 0 Å². The van der Waals surface area contributed by atoms with E-state index in [0.29, 0.717) is 6.04 Å². The topological polar surface area (TPSA) is 3.24 Å². The van der Waals surface area contributed by atoms with Crippen LogP contribution >= 0.6 is 11.6 Å². The number of hydrogen-bond acceptors (Lipinski definition) is 1. The fraction of sp³-hybridized carbons (Fsp3) is 0.500. The minimum absolute atomic E-state index is 0.437. The van der Waals surface area contributed by atoms with Crippen LogP contribution in [0.3, 0.4) is 0 Å². The van der Waals surface area contributed by atoms with E-state index in [1.54, 1.807) is 6.08 Å². The summed E-state index contributed by atoms with van der Waals surface area (Å²) >= 11 is 6.08. The maximum absolute atomic E-state index is 6.08. The van der Waals surface area contributed by atoms with Crippen molar-refractivity contribution in [2.45, 2.75) is 33.7 Å². The van der Waals surface area contributed by atoms with Gasteiger partial charge in [0.25, 0.3) is 0 Å². The van der Waals surface area contributed by atoms with Crippen LogP contribution in [0.4, 0.5) is 0 Å². The SMILES string of the molecule is C=C/C=C(C)\C(=C(/C)Cl)N(C)C(C)C. The number of rotatable bonds is 4. The van der Waals surface area contributed by atoms with E-state index in [4.69, 9.17) is 11.6 Å². The van der Waals surface area contributed by atoms with E-state index in [-0.39, 0.29) is 0 Å². The highest BCUT2D eigenvalue weighted by molar-refractivity contribution is 6.29. The second kappa shape index (κ2) is 5.92. The molecule has 0 unspecified atom stereocenters. The minimum Gasteiger partial charge on any atom is -0.371 e. The summed E-state index contributed by atoms with van der Waals surface area (Å²) in [6.07, 6.45) is 3.75. The molecule has 0 aromatic rings. The zero-order valence-corrected chi connectivity index (χ0v) is 10.5. The predicted octanol–water partition coefficient (Wildman–Crippen LogP) is 3.93. The van der Waals surface area contributed by atoms with Gasteiger partial charge in [-0.2, -0.15) is 0 Å². The Bertz CT molecular complexity index is 257. The van der Waals surface area contributed by atoms with Crippen molar-refractivity contribution in [1.29, 1.82) is 0 Å². The van der Waals surface area contributed by atoms with Crippen molar-refractivity contribution >= 4 is 11.6 Å². The van der Waals surface area contributed by atoms with Crippen molar-refractivity contribution in [1.82, 2.24) is 4.90 Å². The third kappa shape index (κ3) is 3.59. The molecular weight excluding hydrogens is 194 g/mol. The van der Waals surface area contributed by atoms with E-state index in [2.05, 4.69) is 25.3 Å². The highest BCUT2D eigenvalue weighted by Gasteiger charge is 2.11. The number of allylic oxidation sites excluding steroid dienone is 4. The summed E-state index contributed by atoms with van der Waals surface area (Å²) < 4.78 is 0. The van der Waals surface area contributed by atoms with Crippen LogP contribution in [0.5, 0.6) is 0 Å². The van der Waals surface area contributed by atoms with Gasteiger partial charge in [-0.05, 0) is 33.3 Å². The Morgan fingerprint density at radius 2 is 1.86 bits per heavy atom. The molecule has 0 rings (SSSR count). The van der Waals surface area contributed by atoms with E-state index in [9.17, 15) is 0 Å². The molecule has 1 nitrogen and oxygen atoms in total. The Kier molecular flexibility index (Phi) is 5.63. The monoisotopic (exact) mass is 213 g/mol. The number of nitrogens with zero attached hydrogens (tertiary/aromatic N) is 1. The fourth-order valence-electron chi connectivity index (χ4n) is 1.31. The second-order valence-electron chi connectivity index (χ2n) is 3.67. The molecule has 0 saturated carbocycles.